The molecule has 1 aromatic heterocycles. The van der Waals surface area contributed by atoms with Crippen molar-refractivity contribution in [2.45, 2.75) is 18.1 Å². The number of hydrazine groups is 1. The number of aromatic nitrogens is 2. The first kappa shape index (κ1) is 27.6. The van der Waals surface area contributed by atoms with Crippen molar-refractivity contribution in [2.24, 2.45) is 4.99 Å². The summed E-state index contributed by atoms with van der Waals surface area (Å²) in [5.41, 5.74) is 5.60. The predicted octanol–water partition coefficient (Wildman–Crippen LogP) is 2.14. The number of ether oxygens (including phenoxy) is 2. The van der Waals surface area contributed by atoms with Gasteiger partial charge < -0.3 is 14.4 Å². The number of piperidine rings is 1. The highest BCUT2D eigenvalue weighted by atomic mass is 32.2. The molecule has 2 heterocycles. The quantitative estimate of drug-likeness (QED) is 0.226. The lowest BCUT2D eigenvalue weighted by Gasteiger charge is -2.32. The Hall–Kier alpha value is -4.46. The van der Waals surface area contributed by atoms with E-state index in [0.29, 0.717) is 36.4 Å². The van der Waals surface area contributed by atoms with Crippen LogP contribution in [0, 0.1) is 5.82 Å². The average Bonchev–Trinajstić information content (AvgIpc) is 2.96. The van der Waals surface area contributed by atoms with Crippen LogP contribution in [0.1, 0.15) is 23.2 Å². The summed E-state index contributed by atoms with van der Waals surface area (Å²) in [5.74, 6) is -0.502. The normalized spacial score (nSPS) is 15.8. The molecule has 12 nitrogen and oxygen atoms in total. The number of anilines is 1. The molecule has 1 unspecified atom stereocenters. The van der Waals surface area contributed by atoms with Crippen LogP contribution in [-0.2, 0) is 10.0 Å². The number of hydrogen-bond acceptors (Lipinski definition) is 9. The molecular formula is C25H28FN7O5S. The summed E-state index contributed by atoms with van der Waals surface area (Å²) < 4.78 is 53.5. The van der Waals surface area contributed by atoms with Crippen LogP contribution in [0.5, 0.6) is 11.5 Å². The van der Waals surface area contributed by atoms with Gasteiger partial charge in [-0.2, -0.15) is 0 Å². The fraction of sp³-hybridized carbons (Fsp3) is 0.280. The molecule has 0 radical (unpaired) electrons. The Balaban J connectivity index is 1.60. The molecule has 14 heteroatoms. The predicted molar refractivity (Wildman–Crippen MR) is 143 cm³/mol. The van der Waals surface area contributed by atoms with Gasteiger partial charge in [0, 0.05) is 18.7 Å². The number of nitrogens with zero attached hydrogens (tertiary/aromatic N) is 4. The lowest BCUT2D eigenvalue weighted by molar-refractivity contribution is 0.0943. The molecule has 39 heavy (non-hydrogen) atoms. The van der Waals surface area contributed by atoms with E-state index < -0.39 is 27.0 Å². The number of amides is 1. The van der Waals surface area contributed by atoms with Gasteiger partial charge in [0.2, 0.25) is 21.9 Å². The van der Waals surface area contributed by atoms with Crippen molar-refractivity contribution in [3.63, 3.8) is 0 Å². The third-order valence-corrected chi connectivity index (χ3v) is 7.64. The van der Waals surface area contributed by atoms with Crippen molar-refractivity contribution in [3.8, 4) is 11.5 Å². The van der Waals surface area contributed by atoms with E-state index in [9.17, 15) is 17.6 Å². The highest BCUT2D eigenvalue weighted by molar-refractivity contribution is 7.90. The van der Waals surface area contributed by atoms with Crippen LogP contribution in [-0.4, -0.2) is 62.8 Å². The summed E-state index contributed by atoms with van der Waals surface area (Å²) in [5, 5.41) is -0.878. The van der Waals surface area contributed by atoms with Crippen LogP contribution in [0.25, 0.3) is 0 Å². The van der Waals surface area contributed by atoms with Crippen molar-refractivity contribution in [1.82, 2.24) is 25.5 Å². The molecule has 1 atom stereocenters. The first-order chi connectivity index (χ1) is 18.8. The number of halogens is 1. The number of hydrogen-bond donors (Lipinski definition) is 3. The monoisotopic (exact) mass is 557 g/mol. The molecule has 1 aliphatic heterocycles. The van der Waals surface area contributed by atoms with E-state index in [1.807, 2.05) is 0 Å². The lowest BCUT2D eigenvalue weighted by atomic mass is 10.1. The molecule has 3 aromatic rings. The van der Waals surface area contributed by atoms with Gasteiger partial charge in [0.1, 0.15) is 11.5 Å². The van der Waals surface area contributed by atoms with Crippen molar-refractivity contribution in [3.05, 3.63) is 72.3 Å². The second-order valence-corrected chi connectivity index (χ2v) is 10.4. The van der Waals surface area contributed by atoms with Gasteiger partial charge in [0.05, 0.1) is 31.9 Å². The molecule has 2 aromatic carbocycles. The van der Waals surface area contributed by atoms with Gasteiger partial charge in [-0.15, -0.1) is 0 Å². The summed E-state index contributed by atoms with van der Waals surface area (Å²) in [6.07, 6.45) is 2.96. The highest BCUT2D eigenvalue weighted by Gasteiger charge is 2.33. The number of carbonyl (C=O) groups is 1. The molecule has 0 saturated carbocycles. The van der Waals surface area contributed by atoms with Crippen molar-refractivity contribution in [2.75, 3.05) is 32.2 Å². The van der Waals surface area contributed by atoms with Gasteiger partial charge in [-0.3, -0.25) is 20.4 Å². The summed E-state index contributed by atoms with van der Waals surface area (Å²) in [7, 11) is -1.17. The van der Waals surface area contributed by atoms with Gasteiger partial charge in [0.25, 0.3) is 5.91 Å². The van der Waals surface area contributed by atoms with Gasteiger partial charge >= 0.3 is 0 Å². The van der Waals surface area contributed by atoms with Gasteiger partial charge in [-0.25, -0.2) is 27.8 Å². The first-order valence-electron chi connectivity index (χ1n) is 12.0. The number of methoxy groups -OCH3 is 2. The maximum atomic E-state index is 13.5. The minimum absolute atomic E-state index is 0.0720. The van der Waals surface area contributed by atoms with Crippen molar-refractivity contribution < 1.29 is 27.1 Å². The van der Waals surface area contributed by atoms with E-state index in [1.165, 1.54) is 14.2 Å². The molecule has 0 spiro atoms. The van der Waals surface area contributed by atoms with Crippen LogP contribution in [0.3, 0.4) is 0 Å². The molecule has 4 rings (SSSR count). The second kappa shape index (κ2) is 12.4. The Morgan fingerprint density at radius 3 is 2.33 bits per heavy atom. The number of sulfonamides is 1. The number of guanidine groups is 1. The minimum atomic E-state index is -4.05. The molecule has 1 fully saturated rings. The van der Waals surface area contributed by atoms with Crippen molar-refractivity contribution >= 4 is 33.5 Å². The third kappa shape index (κ3) is 6.90. The van der Waals surface area contributed by atoms with Crippen LogP contribution in [0.2, 0.25) is 0 Å². The molecular weight excluding hydrogens is 529 g/mol. The molecule has 206 valence electrons. The van der Waals surface area contributed by atoms with Gasteiger partial charge in [-0.1, -0.05) is 24.3 Å². The van der Waals surface area contributed by atoms with E-state index in [1.54, 1.807) is 53.4 Å². The van der Waals surface area contributed by atoms with Gasteiger partial charge in [0.15, 0.2) is 11.5 Å². The summed E-state index contributed by atoms with van der Waals surface area (Å²) in [4.78, 5) is 26.6. The summed E-state index contributed by atoms with van der Waals surface area (Å²) in [6, 6.07) is 13.3. The molecule has 1 aliphatic rings. The molecule has 1 amide bonds. The number of rotatable bonds is 7. The Labute approximate surface area is 225 Å². The van der Waals surface area contributed by atoms with E-state index in [2.05, 4.69) is 30.5 Å². The Kier molecular flexibility index (Phi) is 8.76. The Morgan fingerprint density at radius 2 is 1.69 bits per heavy atom. The zero-order valence-corrected chi connectivity index (χ0v) is 22.1. The van der Waals surface area contributed by atoms with Crippen LogP contribution < -0.4 is 29.9 Å². The number of benzene rings is 2. The van der Waals surface area contributed by atoms with E-state index in [4.69, 9.17) is 9.47 Å². The summed E-state index contributed by atoms with van der Waals surface area (Å²) in [6.45, 7) is 0.588. The van der Waals surface area contributed by atoms with E-state index in [0.717, 1.165) is 12.4 Å². The van der Waals surface area contributed by atoms with E-state index >= 15 is 0 Å². The largest absolute Gasteiger partial charge is 0.494 e. The Bertz CT molecular complexity index is 1400. The van der Waals surface area contributed by atoms with Crippen LogP contribution in [0.4, 0.5) is 16.0 Å². The SMILES string of the molecule is COc1cccc(OC)c1N=C(NNC(=O)c1ccccc1)NS(=O)(=O)C1CCCN(c2ncc(F)cn2)C1. The number of para-hydroxylation sites is 1. The zero-order valence-electron chi connectivity index (χ0n) is 21.3. The smallest absolute Gasteiger partial charge is 0.269 e. The maximum absolute atomic E-state index is 13.5. The lowest BCUT2D eigenvalue weighted by Crippen LogP contribution is -2.54. The molecule has 0 aliphatic carbocycles. The molecule has 0 bridgehead atoms. The number of carbonyl (C=O) groups excluding carboxylic acids is 1. The average molecular weight is 558 g/mol. The zero-order chi connectivity index (χ0) is 27.8. The highest BCUT2D eigenvalue weighted by Crippen LogP contribution is 2.37. The second-order valence-electron chi connectivity index (χ2n) is 8.48. The maximum Gasteiger partial charge on any atom is 0.269 e. The van der Waals surface area contributed by atoms with Crippen LogP contribution >= 0.6 is 0 Å². The third-order valence-electron chi connectivity index (χ3n) is 5.90. The first-order valence-corrected chi connectivity index (χ1v) is 13.5. The summed E-state index contributed by atoms with van der Waals surface area (Å²) >= 11 is 0. The Morgan fingerprint density at radius 1 is 1.03 bits per heavy atom. The topological polar surface area (TPSA) is 147 Å². The van der Waals surface area contributed by atoms with E-state index in [-0.39, 0.29) is 24.1 Å². The number of aliphatic imine (C=N–C) groups is 1. The number of nitrogens with one attached hydrogen (secondary N) is 3. The standard InChI is InChI=1S/C25H28FN7O5S/c1-37-20-11-6-12-21(38-2)22(20)29-24(31-30-23(34)17-8-4-3-5-9-17)32-39(35,36)19-10-7-13-33(16-19)25-27-14-18(26)15-28-25/h3-6,8-9,11-12,14-15,19H,7,10,13,16H2,1-2H3,(H,30,34)(H2,29,31,32). The van der Waals surface area contributed by atoms with Crippen LogP contribution in [0.15, 0.2) is 65.9 Å². The minimum Gasteiger partial charge on any atom is -0.494 e. The molecule has 1 saturated heterocycles. The van der Waals surface area contributed by atoms with Crippen molar-refractivity contribution in [1.29, 1.82) is 0 Å². The van der Waals surface area contributed by atoms with Gasteiger partial charge in [-0.05, 0) is 37.1 Å². The molecule has 3 N–H and O–H groups in total. The fourth-order valence-corrected chi connectivity index (χ4v) is 5.35. The fourth-order valence-electron chi connectivity index (χ4n) is 3.97.